The van der Waals surface area contributed by atoms with Gasteiger partial charge in [-0.05, 0) is 18.8 Å². The second-order valence-electron chi connectivity index (χ2n) is 7.74. The van der Waals surface area contributed by atoms with Crippen molar-refractivity contribution in [1.29, 1.82) is 0 Å². The molecule has 2 aromatic rings. The first kappa shape index (κ1) is 19.4. The minimum absolute atomic E-state index is 0.000624. The Morgan fingerprint density at radius 3 is 2.52 bits per heavy atom. The number of benzene rings is 1. The van der Waals surface area contributed by atoms with E-state index in [1.54, 1.807) is 11.1 Å². The molecule has 1 aromatic heterocycles. The van der Waals surface area contributed by atoms with Gasteiger partial charge in [0.05, 0.1) is 5.56 Å². The third kappa shape index (κ3) is 3.56. The first-order valence-corrected chi connectivity index (χ1v) is 9.67. The number of amides is 1. The van der Waals surface area contributed by atoms with Crippen LogP contribution in [0.25, 0.3) is 0 Å². The molecule has 1 unspecified atom stereocenters. The van der Waals surface area contributed by atoms with Crippen LogP contribution in [-0.4, -0.2) is 27.2 Å². The van der Waals surface area contributed by atoms with Gasteiger partial charge in [-0.3, -0.25) is 4.90 Å². The van der Waals surface area contributed by atoms with E-state index in [0.29, 0.717) is 11.4 Å². The van der Waals surface area contributed by atoms with Crippen LogP contribution < -0.4 is 10.2 Å². The van der Waals surface area contributed by atoms with Crippen LogP contribution in [0, 0.1) is 17.6 Å². The van der Waals surface area contributed by atoms with Crippen molar-refractivity contribution in [3.63, 3.8) is 0 Å². The van der Waals surface area contributed by atoms with Crippen LogP contribution in [0.5, 0.6) is 5.75 Å². The van der Waals surface area contributed by atoms with E-state index < -0.39 is 29.6 Å². The number of anilines is 3. The van der Waals surface area contributed by atoms with E-state index >= 15 is 0 Å². The topological polar surface area (TPSA) is 87.6 Å². The Morgan fingerprint density at radius 2 is 1.90 bits per heavy atom. The summed E-state index contributed by atoms with van der Waals surface area (Å²) in [5.41, 5.74) is 0.754. The summed E-state index contributed by atoms with van der Waals surface area (Å²) in [7, 11) is 0. The zero-order valence-electron chi connectivity index (χ0n) is 16.2. The fourth-order valence-corrected chi connectivity index (χ4v) is 3.90. The number of phenolic OH excluding ortho intramolecular Hbond substituents is 1. The number of fused-ring (bicyclic) bond motifs is 1. The molecule has 9 heteroatoms. The summed E-state index contributed by atoms with van der Waals surface area (Å²) in [5.74, 6) is -2.65. The van der Waals surface area contributed by atoms with Crippen LogP contribution >= 0.6 is 0 Å². The number of ether oxygens (including phenoxy) is 1. The lowest BCUT2D eigenvalue weighted by Gasteiger charge is -2.37. The van der Waals surface area contributed by atoms with E-state index in [9.17, 15) is 18.7 Å². The van der Waals surface area contributed by atoms with Crippen molar-refractivity contribution in [2.24, 2.45) is 5.92 Å². The number of hydrogen-bond donors (Lipinski definition) is 2. The molecular weight excluding hydrogens is 382 g/mol. The Hall–Kier alpha value is -2.97. The lowest BCUT2D eigenvalue weighted by Crippen LogP contribution is -2.45. The summed E-state index contributed by atoms with van der Waals surface area (Å²) in [5, 5.41) is 12.0. The third-order valence-electron chi connectivity index (χ3n) is 5.32. The number of phenols is 1. The molecule has 0 radical (unpaired) electrons. The number of halogens is 2. The maximum Gasteiger partial charge on any atom is 0.416 e. The second kappa shape index (κ2) is 7.46. The summed E-state index contributed by atoms with van der Waals surface area (Å²) in [6, 6.07) is 1.89. The van der Waals surface area contributed by atoms with Crippen LogP contribution in [0.4, 0.5) is 31.0 Å². The van der Waals surface area contributed by atoms with E-state index in [-0.39, 0.29) is 23.6 Å². The second-order valence-corrected chi connectivity index (χ2v) is 7.74. The number of nitrogens with one attached hydrogen (secondary N) is 1. The summed E-state index contributed by atoms with van der Waals surface area (Å²) < 4.78 is 32.9. The molecule has 0 spiro atoms. The van der Waals surface area contributed by atoms with Gasteiger partial charge in [-0.15, -0.1) is 0 Å². The largest absolute Gasteiger partial charge is 0.503 e. The molecule has 2 N–H and O–H groups in total. The number of cyclic esters (lactones) is 1. The number of hydrogen-bond acceptors (Lipinski definition) is 6. The van der Waals surface area contributed by atoms with Gasteiger partial charge in [0.25, 0.3) is 0 Å². The van der Waals surface area contributed by atoms with Crippen molar-refractivity contribution >= 4 is 23.5 Å². The van der Waals surface area contributed by atoms with E-state index in [2.05, 4.69) is 15.3 Å². The number of carbonyl (C=O) groups is 1. The first-order chi connectivity index (χ1) is 13.8. The molecule has 0 saturated heterocycles. The van der Waals surface area contributed by atoms with Gasteiger partial charge in [-0.2, -0.15) is 4.98 Å². The average Bonchev–Trinajstić information content (AvgIpc) is 3.19. The molecule has 1 atom stereocenters. The fraction of sp³-hybridized carbons (Fsp3) is 0.450. The normalized spacial score (nSPS) is 19.4. The van der Waals surface area contributed by atoms with Crippen molar-refractivity contribution in [2.45, 2.75) is 51.7 Å². The third-order valence-corrected chi connectivity index (χ3v) is 5.32. The molecule has 7 nitrogen and oxygen atoms in total. The number of rotatable bonds is 4. The molecule has 2 aliphatic rings. The molecule has 1 aromatic carbocycles. The predicted octanol–water partition coefficient (Wildman–Crippen LogP) is 4.80. The Kier molecular flexibility index (Phi) is 4.97. The van der Waals surface area contributed by atoms with E-state index in [1.807, 2.05) is 13.8 Å². The molecule has 4 rings (SSSR count). The van der Waals surface area contributed by atoms with Gasteiger partial charge in [0.1, 0.15) is 6.10 Å². The molecular formula is C20H22F2N4O3. The van der Waals surface area contributed by atoms with Gasteiger partial charge in [0.15, 0.2) is 23.2 Å². The highest BCUT2D eigenvalue weighted by Crippen LogP contribution is 2.41. The molecule has 1 fully saturated rings. The van der Waals surface area contributed by atoms with Crippen LogP contribution in [0.2, 0.25) is 0 Å². The van der Waals surface area contributed by atoms with Crippen molar-refractivity contribution in [3.05, 3.63) is 35.5 Å². The van der Waals surface area contributed by atoms with Crippen molar-refractivity contribution < 1.29 is 23.4 Å². The standard InChI is InChI=1S/C20H22F2N4O3/c1-10(2)17-13-9-23-19(24-11-7-14(21)16(27)15(22)8-11)25-18(13)26(20(28)29-17)12-5-3-4-6-12/h7-10,12,17,27H,3-6H2,1-2H3,(H,23,24,25). The fourth-order valence-electron chi connectivity index (χ4n) is 3.90. The van der Waals surface area contributed by atoms with Crippen molar-refractivity contribution in [2.75, 3.05) is 10.2 Å². The monoisotopic (exact) mass is 404 g/mol. The van der Waals surface area contributed by atoms with E-state index in [0.717, 1.165) is 37.8 Å². The number of aromatic nitrogens is 2. The van der Waals surface area contributed by atoms with Gasteiger partial charge >= 0.3 is 6.09 Å². The van der Waals surface area contributed by atoms with E-state index in [1.165, 1.54) is 0 Å². The van der Waals surface area contributed by atoms with Gasteiger partial charge in [-0.25, -0.2) is 18.6 Å². The molecule has 1 aliphatic heterocycles. The highest BCUT2D eigenvalue weighted by Gasteiger charge is 2.40. The Bertz CT molecular complexity index is 924. The molecule has 2 heterocycles. The zero-order chi connectivity index (χ0) is 20.7. The predicted molar refractivity (Wildman–Crippen MR) is 102 cm³/mol. The SMILES string of the molecule is CC(C)C1OC(=O)N(C2CCCC2)c2nc(Nc3cc(F)c(O)c(F)c3)ncc21. The van der Waals surface area contributed by atoms with Crippen LogP contribution in [0.3, 0.4) is 0 Å². The highest BCUT2D eigenvalue weighted by molar-refractivity contribution is 5.90. The van der Waals surface area contributed by atoms with Crippen LogP contribution in [0.1, 0.15) is 51.2 Å². The molecule has 29 heavy (non-hydrogen) atoms. The summed E-state index contributed by atoms with van der Waals surface area (Å²) in [4.78, 5) is 23.1. The van der Waals surface area contributed by atoms with E-state index in [4.69, 9.17) is 4.74 Å². The summed E-state index contributed by atoms with van der Waals surface area (Å²) >= 11 is 0. The quantitative estimate of drug-likeness (QED) is 0.712. The lowest BCUT2D eigenvalue weighted by molar-refractivity contribution is 0.0673. The molecule has 1 saturated carbocycles. The molecule has 1 aliphatic carbocycles. The Balaban J connectivity index is 1.73. The van der Waals surface area contributed by atoms with Gasteiger partial charge < -0.3 is 15.2 Å². The number of nitrogens with zero attached hydrogens (tertiary/aromatic N) is 3. The zero-order valence-corrected chi connectivity index (χ0v) is 16.2. The molecule has 154 valence electrons. The van der Waals surface area contributed by atoms with Gasteiger partial charge in [0, 0.05) is 30.1 Å². The minimum atomic E-state index is -1.10. The van der Waals surface area contributed by atoms with Crippen molar-refractivity contribution in [3.8, 4) is 5.75 Å². The molecule has 0 bridgehead atoms. The number of carbonyl (C=O) groups excluding carboxylic acids is 1. The highest BCUT2D eigenvalue weighted by atomic mass is 19.1. The lowest BCUT2D eigenvalue weighted by atomic mass is 9.98. The Labute approximate surface area is 166 Å². The smallest absolute Gasteiger partial charge is 0.416 e. The van der Waals surface area contributed by atoms with Gasteiger partial charge in [-0.1, -0.05) is 26.7 Å². The van der Waals surface area contributed by atoms with Gasteiger partial charge in [0.2, 0.25) is 5.95 Å². The maximum atomic E-state index is 13.6. The van der Waals surface area contributed by atoms with Crippen LogP contribution in [-0.2, 0) is 4.74 Å². The Morgan fingerprint density at radius 1 is 1.24 bits per heavy atom. The number of aromatic hydroxyl groups is 1. The minimum Gasteiger partial charge on any atom is -0.503 e. The first-order valence-electron chi connectivity index (χ1n) is 9.67. The summed E-state index contributed by atoms with van der Waals surface area (Å²) in [6.07, 6.45) is 4.46. The van der Waals surface area contributed by atoms with Crippen LogP contribution in [0.15, 0.2) is 18.3 Å². The van der Waals surface area contributed by atoms with Crippen molar-refractivity contribution in [1.82, 2.24) is 9.97 Å². The summed E-state index contributed by atoms with van der Waals surface area (Å²) in [6.45, 7) is 3.89. The maximum absolute atomic E-state index is 13.6. The molecule has 1 amide bonds. The average molecular weight is 404 g/mol.